The second-order valence-electron chi connectivity index (χ2n) is 6.29. The van der Waals surface area contributed by atoms with E-state index in [0.717, 1.165) is 0 Å². The average Bonchev–Trinajstić information content (AvgIpc) is 2.56. The Morgan fingerprint density at radius 3 is 2.04 bits per heavy atom. The monoisotopic (exact) mass is 298 g/mol. The molecule has 3 aromatic carbocycles. The maximum Gasteiger partial charge on any atom is 0.220 e. The van der Waals surface area contributed by atoms with E-state index in [9.17, 15) is 0 Å². The van der Waals surface area contributed by atoms with Crippen molar-refractivity contribution < 1.29 is 4.57 Å². The minimum atomic E-state index is 1.27. The summed E-state index contributed by atoms with van der Waals surface area (Å²) in [5.74, 6) is 0. The Bertz CT molecular complexity index is 1040. The Morgan fingerprint density at radius 2 is 1.30 bits per heavy atom. The van der Waals surface area contributed by atoms with Crippen LogP contribution in [0.4, 0.5) is 0 Å². The van der Waals surface area contributed by atoms with Gasteiger partial charge in [0.15, 0.2) is 5.69 Å². The minimum Gasteiger partial charge on any atom is -0.198 e. The van der Waals surface area contributed by atoms with Crippen LogP contribution in [0.25, 0.3) is 32.8 Å². The smallest absolute Gasteiger partial charge is 0.198 e. The highest BCUT2D eigenvalue weighted by Gasteiger charge is 2.19. The van der Waals surface area contributed by atoms with E-state index < -0.39 is 0 Å². The van der Waals surface area contributed by atoms with Gasteiger partial charge in [0.1, 0.15) is 7.05 Å². The molecule has 0 bridgehead atoms. The summed E-state index contributed by atoms with van der Waals surface area (Å²) >= 11 is 0. The minimum absolute atomic E-state index is 1.27. The second kappa shape index (κ2) is 5.20. The number of hydrogen-bond acceptors (Lipinski definition) is 0. The van der Waals surface area contributed by atoms with Crippen molar-refractivity contribution in [3.8, 4) is 11.3 Å². The van der Waals surface area contributed by atoms with Crippen molar-refractivity contribution in [2.45, 2.75) is 13.8 Å². The summed E-state index contributed by atoms with van der Waals surface area (Å²) in [6, 6.07) is 24.1. The van der Waals surface area contributed by atoms with Crippen LogP contribution in [-0.2, 0) is 7.05 Å². The molecule has 0 fully saturated rings. The van der Waals surface area contributed by atoms with Gasteiger partial charge in [-0.15, -0.1) is 0 Å². The van der Waals surface area contributed by atoms with Crippen molar-refractivity contribution >= 4 is 21.5 Å². The van der Waals surface area contributed by atoms with E-state index in [1.165, 1.54) is 44.1 Å². The first-order chi connectivity index (χ1) is 11.1. The molecule has 0 unspecified atom stereocenters. The van der Waals surface area contributed by atoms with Crippen molar-refractivity contribution in [1.29, 1.82) is 0 Å². The summed E-state index contributed by atoms with van der Waals surface area (Å²) < 4.78 is 2.30. The molecule has 0 saturated heterocycles. The maximum absolute atomic E-state index is 2.33. The van der Waals surface area contributed by atoms with E-state index >= 15 is 0 Å². The molecule has 0 saturated carbocycles. The van der Waals surface area contributed by atoms with Gasteiger partial charge in [-0.3, -0.25) is 0 Å². The number of pyridine rings is 1. The van der Waals surface area contributed by atoms with E-state index in [2.05, 4.69) is 92.2 Å². The van der Waals surface area contributed by atoms with Gasteiger partial charge in [0.25, 0.3) is 0 Å². The molecular formula is C22H20N+. The Kier molecular flexibility index (Phi) is 3.16. The van der Waals surface area contributed by atoms with Crippen LogP contribution in [-0.4, -0.2) is 0 Å². The molecule has 0 atom stereocenters. The maximum atomic E-state index is 2.33. The Hall–Kier alpha value is -2.67. The molecule has 1 aromatic heterocycles. The predicted molar refractivity (Wildman–Crippen MR) is 97.5 cm³/mol. The quantitative estimate of drug-likeness (QED) is 0.430. The first kappa shape index (κ1) is 14.0. The van der Waals surface area contributed by atoms with Gasteiger partial charge in [-0.05, 0) is 40.8 Å². The summed E-state index contributed by atoms with van der Waals surface area (Å²) in [6.45, 7) is 4.38. The third-order valence-electron chi connectivity index (χ3n) is 4.79. The van der Waals surface area contributed by atoms with Crippen molar-refractivity contribution in [3.05, 3.63) is 78.0 Å². The van der Waals surface area contributed by atoms with E-state index in [-0.39, 0.29) is 0 Å². The lowest BCUT2D eigenvalue weighted by Crippen LogP contribution is -2.35. The summed E-state index contributed by atoms with van der Waals surface area (Å²) in [5.41, 5.74) is 5.19. The molecule has 4 rings (SSSR count). The van der Waals surface area contributed by atoms with Crippen LogP contribution in [0.1, 0.15) is 11.3 Å². The van der Waals surface area contributed by atoms with Crippen molar-refractivity contribution in [1.82, 2.24) is 0 Å². The molecule has 0 aliphatic carbocycles. The standard InChI is InChI=1S/C22H20N/c1-15-12-17-8-4-5-9-18(17)14-21(15)22-20-11-7-6-10-19(20)13-16(2)23(22)3/h4-14H,1-3H3/q+1. The molecule has 1 nitrogen and oxygen atoms in total. The molecule has 0 aliphatic heterocycles. The lowest BCUT2D eigenvalue weighted by Gasteiger charge is -2.11. The van der Waals surface area contributed by atoms with Crippen LogP contribution in [0.3, 0.4) is 0 Å². The molecule has 23 heavy (non-hydrogen) atoms. The number of aryl methyl sites for hydroxylation is 2. The zero-order valence-corrected chi connectivity index (χ0v) is 13.8. The number of aromatic nitrogens is 1. The van der Waals surface area contributed by atoms with Gasteiger partial charge >= 0.3 is 0 Å². The highest BCUT2D eigenvalue weighted by molar-refractivity contribution is 5.97. The van der Waals surface area contributed by atoms with Gasteiger partial charge in [-0.25, -0.2) is 0 Å². The van der Waals surface area contributed by atoms with Crippen LogP contribution >= 0.6 is 0 Å². The first-order valence-electron chi connectivity index (χ1n) is 8.03. The van der Waals surface area contributed by atoms with Gasteiger partial charge in [-0.2, -0.15) is 4.57 Å². The second-order valence-corrected chi connectivity index (χ2v) is 6.29. The van der Waals surface area contributed by atoms with Crippen LogP contribution in [0.5, 0.6) is 0 Å². The van der Waals surface area contributed by atoms with E-state index in [4.69, 9.17) is 0 Å². The molecular weight excluding hydrogens is 278 g/mol. The number of nitrogens with zero attached hydrogens (tertiary/aromatic N) is 1. The summed E-state index contributed by atoms with van der Waals surface area (Å²) in [6.07, 6.45) is 0. The molecule has 0 spiro atoms. The number of hydrogen-bond donors (Lipinski definition) is 0. The molecule has 4 aromatic rings. The zero-order valence-electron chi connectivity index (χ0n) is 13.8. The SMILES string of the molecule is Cc1cc2ccccc2cc1-c1c2ccccc2cc(C)[n+]1C. The van der Waals surface area contributed by atoms with Crippen molar-refractivity contribution in [2.75, 3.05) is 0 Å². The molecule has 1 heterocycles. The van der Waals surface area contributed by atoms with E-state index in [1.807, 2.05) is 0 Å². The largest absolute Gasteiger partial charge is 0.220 e. The third-order valence-corrected chi connectivity index (χ3v) is 4.79. The molecule has 0 radical (unpaired) electrons. The average molecular weight is 298 g/mol. The Balaban J connectivity index is 2.14. The molecule has 1 heteroatoms. The highest BCUT2D eigenvalue weighted by atomic mass is 14.9. The van der Waals surface area contributed by atoms with Gasteiger partial charge in [0.05, 0.1) is 10.9 Å². The third kappa shape index (κ3) is 2.20. The first-order valence-corrected chi connectivity index (χ1v) is 8.03. The van der Waals surface area contributed by atoms with Crippen LogP contribution in [0.2, 0.25) is 0 Å². The topological polar surface area (TPSA) is 3.88 Å². The summed E-state index contributed by atoms with van der Waals surface area (Å²) in [5, 5.41) is 5.19. The molecule has 112 valence electrons. The Labute approximate surface area is 136 Å². The number of rotatable bonds is 1. The summed E-state index contributed by atoms with van der Waals surface area (Å²) in [7, 11) is 2.16. The fourth-order valence-electron chi connectivity index (χ4n) is 3.45. The normalized spacial score (nSPS) is 11.3. The lowest BCUT2D eigenvalue weighted by molar-refractivity contribution is -0.665. The van der Waals surface area contributed by atoms with E-state index in [0.29, 0.717) is 0 Å². The van der Waals surface area contributed by atoms with Gasteiger partial charge < -0.3 is 0 Å². The Morgan fingerprint density at radius 1 is 0.696 bits per heavy atom. The summed E-state index contributed by atoms with van der Waals surface area (Å²) in [4.78, 5) is 0. The van der Waals surface area contributed by atoms with Crippen molar-refractivity contribution in [2.24, 2.45) is 7.05 Å². The van der Waals surface area contributed by atoms with Gasteiger partial charge in [0, 0.05) is 13.0 Å². The number of fused-ring (bicyclic) bond motifs is 2. The zero-order chi connectivity index (χ0) is 16.0. The van der Waals surface area contributed by atoms with Crippen LogP contribution in [0.15, 0.2) is 66.7 Å². The molecule has 0 amide bonds. The fraction of sp³-hybridized carbons (Fsp3) is 0.136. The van der Waals surface area contributed by atoms with Gasteiger partial charge in [0.2, 0.25) is 5.69 Å². The fourth-order valence-corrected chi connectivity index (χ4v) is 3.45. The molecule has 0 aliphatic rings. The number of benzene rings is 3. The predicted octanol–water partition coefficient (Wildman–Crippen LogP) is 5.10. The van der Waals surface area contributed by atoms with Gasteiger partial charge in [-0.1, -0.05) is 48.5 Å². The highest BCUT2D eigenvalue weighted by Crippen LogP contribution is 2.31. The van der Waals surface area contributed by atoms with Crippen molar-refractivity contribution in [3.63, 3.8) is 0 Å². The van der Waals surface area contributed by atoms with Crippen LogP contribution in [0, 0.1) is 13.8 Å². The molecule has 0 N–H and O–H groups in total. The lowest BCUT2D eigenvalue weighted by atomic mass is 9.95. The van der Waals surface area contributed by atoms with Crippen LogP contribution < -0.4 is 4.57 Å². The van der Waals surface area contributed by atoms with E-state index in [1.54, 1.807) is 0 Å².